The van der Waals surface area contributed by atoms with Crippen molar-refractivity contribution < 1.29 is 33.7 Å². The van der Waals surface area contributed by atoms with Crippen molar-refractivity contribution in [3.63, 3.8) is 0 Å². The van der Waals surface area contributed by atoms with Crippen LogP contribution >= 0.6 is 0 Å². The molecule has 2 heterocycles. The topological polar surface area (TPSA) is 26.5 Å². The number of hydrogen-bond donors (Lipinski definition) is 1. The Balaban J connectivity index is 0.00000392. The number of nitrogens with zero attached hydrogens (tertiary/aromatic N) is 2. The summed E-state index contributed by atoms with van der Waals surface area (Å²) in [5.74, 6) is 1.26. The SMILES string of the molecule is CCCCCCCCCCCCCCC1(O)C(C)=C(C)C2=[N+](C)CCCN21.[I-]. The molecule has 0 aromatic rings. The summed E-state index contributed by atoms with van der Waals surface area (Å²) in [6.07, 6.45) is 18.4. The van der Waals surface area contributed by atoms with Crippen LogP contribution in [-0.2, 0) is 0 Å². The molecule has 2 rings (SSSR count). The number of aliphatic hydroxyl groups is 1. The third-order valence-corrected chi connectivity index (χ3v) is 6.82. The molecule has 0 saturated heterocycles. The number of hydrogen-bond acceptors (Lipinski definition) is 2. The molecule has 1 atom stereocenters. The summed E-state index contributed by atoms with van der Waals surface area (Å²) < 4.78 is 2.32. The van der Waals surface area contributed by atoms with Crippen molar-refractivity contribution in [3.05, 3.63) is 11.1 Å². The van der Waals surface area contributed by atoms with E-state index in [-0.39, 0.29) is 24.0 Å². The minimum absolute atomic E-state index is 0. The van der Waals surface area contributed by atoms with Gasteiger partial charge in [0.1, 0.15) is 0 Å². The first-order valence-electron chi connectivity index (χ1n) is 11.8. The molecular weight excluding hydrogens is 459 g/mol. The molecule has 0 aliphatic carbocycles. The molecule has 0 saturated carbocycles. The zero-order valence-corrected chi connectivity index (χ0v) is 21.2. The summed E-state index contributed by atoms with van der Waals surface area (Å²) in [7, 11) is 2.16. The lowest BCUT2D eigenvalue weighted by Crippen LogP contribution is -3.00. The molecule has 164 valence electrons. The van der Waals surface area contributed by atoms with Gasteiger partial charge in [-0.3, -0.25) is 4.58 Å². The lowest BCUT2D eigenvalue weighted by atomic mass is 9.96. The van der Waals surface area contributed by atoms with Crippen LogP contribution in [0.1, 0.15) is 111 Å². The molecule has 4 heteroatoms. The fourth-order valence-corrected chi connectivity index (χ4v) is 4.94. The van der Waals surface area contributed by atoms with Crippen molar-refractivity contribution in [2.75, 3.05) is 20.1 Å². The molecule has 0 bridgehead atoms. The van der Waals surface area contributed by atoms with Gasteiger partial charge >= 0.3 is 0 Å². The Kier molecular flexibility index (Phi) is 12.3. The van der Waals surface area contributed by atoms with Gasteiger partial charge in [-0.15, -0.1) is 0 Å². The average Bonchev–Trinajstić information content (AvgIpc) is 2.85. The van der Waals surface area contributed by atoms with Gasteiger partial charge in [0.05, 0.1) is 20.1 Å². The van der Waals surface area contributed by atoms with E-state index >= 15 is 0 Å². The quantitative estimate of drug-likeness (QED) is 0.237. The number of fused-ring (bicyclic) bond motifs is 1. The summed E-state index contributed by atoms with van der Waals surface area (Å²) in [4.78, 5) is 2.28. The summed E-state index contributed by atoms with van der Waals surface area (Å²) in [6.45, 7) is 8.69. The maximum Gasteiger partial charge on any atom is 0.277 e. The van der Waals surface area contributed by atoms with Crippen LogP contribution in [0, 0.1) is 0 Å². The zero-order valence-electron chi connectivity index (χ0n) is 19.0. The Morgan fingerprint density at radius 1 is 0.893 bits per heavy atom. The molecule has 2 aliphatic rings. The molecule has 1 N–H and O–H groups in total. The minimum atomic E-state index is -0.730. The molecule has 0 aromatic carbocycles. The van der Waals surface area contributed by atoms with Gasteiger partial charge in [0.15, 0.2) is 0 Å². The van der Waals surface area contributed by atoms with Crippen LogP contribution in [0.3, 0.4) is 0 Å². The van der Waals surface area contributed by atoms with Crippen LogP contribution < -0.4 is 24.0 Å². The molecule has 3 nitrogen and oxygen atoms in total. The second kappa shape index (κ2) is 13.3. The highest BCUT2D eigenvalue weighted by Gasteiger charge is 2.52. The number of rotatable bonds is 13. The number of halogens is 1. The van der Waals surface area contributed by atoms with Crippen LogP contribution in [-0.4, -0.2) is 46.3 Å². The van der Waals surface area contributed by atoms with E-state index in [1.165, 1.54) is 87.6 Å². The van der Waals surface area contributed by atoms with Crippen molar-refractivity contribution >= 4 is 5.84 Å². The highest BCUT2D eigenvalue weighted by molar-refractivity contribution is 5.98. The molecule has 0 fully saturated rings. The Bertz CT molecular complexity index is 529. The zero-order chi connectivity index (χ0) is 19.7. The highest BCUT2D eigenvalue weighted by atomic mass is 127. The first kappa shape index (κ1) is 25.9. The van der Waals surface area contributed by atoms with Crippen molar-refractivity contribution in [1.82, 2.24) is 4.90 Å². The third-order valence-electron chi connectivity index (χ3n) is 6.82. The molecule has 28 heavy (non-hydrogen) atoms. The van der Waals surface area contributed by atoms with E-state index in [4.69, 9.17) is 0 Å². The van der Waals surface area contributed by atoms with Crippen LogP contribution in [0.2, 0.25) is 0 Å². The Labute approximate surface area is 191 Å². The summed E-state index contributed by atoms with van der Waals surface area (Å²) >= 11 is 0. The summed E-state index contributed by atoms with van der Waals surface area (Å²) in [5.41, 5.74) is 1.74. The van der Waals surface area contributed by atoms with Gasteiger partial charge in [0.25, 0.3) is 5.84 Å². The average molecular weight is 505 g/mol. The van der Waals surface area contributed by atoms with Gasteiger partial charge in [0, 0.05) is 24.0 Å². The predicted molar refractivity (Wildman–Crippen MR) is 116 cm³/mol. The third kappa shape index (κ3) is 6.72. The monoisotopic (exact) mass is 504 g/mol. The highest BCUT2D eigenvalue weighted by Crippen LogP contribution is 2.38. The molecule has 0 spiro atoms. The van der Waals surface area contributed by atoms with E-state index in [2.05, 4.69) is 37.3 Å². The van der Waals surface area contributed by atoms with Gasteiger partial charge < -0.3 is 29.1 Å². The van der Waals surface area contributed by atoms with Gasteiger partial charge in [-0.1, -0.05) is 77.6 Å². The minimum Gasteiger partial charge on any atom is -1.00 e. The van der Waals surface area contributed by atoms with Crippen LogP contribution in [0.25, 0.3) is 0 Å². The second-order valence-electron chi connectivity index (χ2n) is 8.96. The number of amidine groups is 1. The molecule has 2 aliphatic heterocycles. The van der Waals surface area contributed by atoms with E-state index in [0.29, 0.717) is 0 Å². The molecule has 0 radical (unpaired) electrons. The Morgan fingerprint density at radius 3 is 1.93 bits per heavy atom. The van der Waals surface area contributed by atoms with Gasteiger partial charge in [-0.25, -0.2) is 4.90 Å². The predicted octanol–water partition coefficient (Wildman–Crippen LogP) is 2.87. The van der Waals surface area contributed by atoms with Crippen LogP contribution in [0.4, 0.5) is 0 Å². The van der Waals surface area contributed by atoms with E-state index in [1.807, 2.05) is 0 Å². The largest absolute Gasteiger partial charge is 1.00 e. The molecule has 0 amide bonds. The standard InChI is InChI=1S/C24H45N2O.HI/c1-5-6-7-8-9-10-11-12-13-14-15-16-18-24(27)22(3)21(2)23-25(4)19-17-20-26(23)24;/h27H,5-20H2,1-4H3;1H/q+1;/p-1. The smallest absolute Gasteiger partial charge is 0.277 e. The van der Waals surface area contributed by atoms with E-state index < -0.39 is 5.72 Å². The van der Waals surface area contributed by atoms with E-state index in [0.717, 1.165) is 32.4 Å². The van der Waals surface area contributed by atoms with Crippen molar-refractivity contribution in [1.29, 1.82) is 0 Å². The van der Waals surface area contributed by atoms with Crippen molar-refractivity contribution in [3.8, 4) is 0 Å². The van der Waals surface area contributed by atoms with Gasteiger partial charge in [-0.05, 0) is 20.3 Å². The van der Waals surface area contributed by atoms with E-state index in [9.17, 15) is 5.11 Å². The fourth-order valence-electron chi connectivity index (χ4n) is 4.94. The fraction of sp³-hybridized carbons (Fsp3) is 0.875. The summed E-state index contributed by atoms with van der Waals surface area (Å²) in [5, 5.41) is 11.4. The van der Waals surface area contributed by atoms with Crippen molar-refractivity contribution in [2.45, 2.75) is 116 Å². The lowest BCUT2D eigenvalue weighted by Gasteiger charge is -2.33. The maximum absolute atomic E-state index is 11.4. The first-order valence-corrected chi connectivity index (χ1v) is 11.8. The Morgan fingerprint density at radius 2 is 1.39 bits per heavy atom. The van der Waals surface area contributed by atoms with E-state index in [1.54, 1.807) is 0 Å². The maximum atomic E-state index is 11.4. The van der Waals surface area contributed by atoms with Crippen LogP contribution in [0.15, 0.2) is 11.1 Å². The lowest BCUT2D eigenvalue weighted by molar-refractivity contribution is -0.509. The van der Waals surface area contributed by atoms with Crippen LogP contribution in [0.5, 0.6) is 0 Å². The normalized spacial score (nSPS) is 22.0. The molecular formula is C24H45IN2O. The van der Waals surface area contributed by atoms with Gasteiger partial charge in [-0.2, -0.15) is 0 Å². The number of unbranched alkanes of at least 4 members (excludes halogenated alkanes) is 11. The molecule has 1 unspecified atom stereocenters. The summed E-state index contributed by atoms with van der Waals surface area (Å²) in [6, 6.07) is 0. The molecule has 0 aromatic heterocycles. The Hall–Kier alpha value is -0.100. The second-order valence-corrected chi connectivity index (χ2v) is 8.96. The van der Waals surface area contributed by atoms with Crippen molar-refractivity contribution in [2.24, 2.45) is 0 Å². The van der Waals surface area contributed by atoms with Gasteiger partial charge in [0.2, 0.25) is 5.72 Å². The first-order chi connectivity index (χ1) is 13.0.